The van der Waals surface area contributed by atoms with Crippen LogP contribution in [0.15, 0.2) is 23.2 Å². The zero-order valence-electron chi connectivity index (χ0n) is 18.6. The van der Waals surface area contributed by atoms with Crippen molar-refractivity contribution in [2.24, 2.45) is 10.9 Å². The number of aliphatic imine (C=N–C) groups is 1. The van der Waals surface area contributed by atoms with E-state index in [1.54, 1.807) is 14.2 Å². The van der Waals surface area contributed by atoms with Crippen molar-refractivity contribution >= 4 is 11.6 Å². The van der Waals surface area contributed by atoms with Crippen LogP contribution in [0.25, 0.3) is 0 Å². The van der Waals surface area contributed by atoms with Crippen molar-refractivity contribution < 1.29 is 9.47 Å². The molecule has 29 heavy (non-hydrogen) atoms. The predicted molar refractivity (Wildman–Crippen MR) is 119 cm³/mol. The van der Waals surface area contributed by atoms with E-state index >= 15 is 0 Å². The summed E-state index contributed by atoms with van der Waals surface area (Å²) >= 11 is 0. The molecule has 2 unspecified atom stereocenters. The lowest BCUT2D eigenvalue weighted by molar-refractivity contribution is 0.271. The van der Waals surface area contributed by atoms with Crippen LogP contribution in [0.4, 0.5) is 5.69 Å². The molecular weight excluding hydrogens is 366 g/mol. The maximum atomic E-state index is 5.42. The fourth-order valence-corrected chi connectivity index (χ4v) is 4.00. The highest BCUT2D eigenvalue weighted by molar-refractivity contribution is 5.80. The number of benzene rings is 1. The molecule has 3 rings (SSSR count). The molecule has 1 aliphatic carbocycles. The van der Waals surface area contributed by atoms with Crippen LogP contribution < -0.4 is 25.0 Å². The number of methoxy groups -OCH3 is 2. The molecule has 1 heterocycles. The Morgan fingerprint density at radius 1 is 1.17 bits per heavy atom. The van der Waals surface area contributed by atoms with Crippen LogP contribution in [0, 0.1) is 5.92 Å². The lowest BCUT2D eigenvalue weighted by Gasteiger charge is -2.24. The van der Waals surface area contributed by atoms with Crippen molar-refractivity contribution in [2.45, 2.75) is 38.3 Å². The van der Waals surface area contributed by atoms with E-state index in [-0.39, 0.29) is 0 Å². The number of nitrogens with zero attached hydrogens (tertiary/aromatic N) is 3. The van der Waals surface area contributed by atoms with Gasteiger partial charge in [0.05, 0.1) is 20.8 Å². The van der Waals surface area contributed by atoms with E-state index in [2.05, 4.69) is 53.6 Å². The molecule has 1 aromatic carbocycles. The number of likely N-dealkylation sites (N-methyl/N-ethyl adjacent to an activating group) is 1. The Labute approximate surface area is 175 Å². The molecule has 0 spiro atoms. The number of nitrogens with one attached hydrogen (secondary N) is 2. The van der Waals surface area contributed by atoms with Crippen molar-refractivity contribution in [3.8, 4) is 11.5 Å². The summed E-state index contributed by atoms with van der Waals surface area (Å²) in [6.45, 7) is 5.75. The van der Waals surface area contributed by atoms with Crippen LogP contribution in [-0.4, -0.2) is 77.4 Å². The van der Waals surface area contributed by atoms with Gasteiger partial charge < -0.3 is 29.9 Å². The van der Waals surface area contributed by atoms with E-state index < -0.39 is 0 Å². The van der Waals surface area contributed by atoms with Gasteiger partial charge in [-0.2, -0.15) is 0 Å². The van der Waals surface area contributed by atoms with Crippen molar-refractivity contribution in [1.82, 2.24) is 15.5 Å². The molecule has 0 radical (unpaired) electrons. The minimum absolute atomic E-state index is 0.365. The quantitative estimate of drug-likeness (QED) is 0.487. The Morgan fingerprint density at radius 2 is 1.86 bits per heavy atom. The van der Waals surface area contributed by atoms with Gasteiger partial charge >= 0.3 is 0 Å². The average Bonchev–Trinajstić information content (AvgIpc) is 3.44. The molecule has 1 aliphatic heterocycles. The Morgan fingerprint density at radius 3 is 2.41 bits per heavy atom. The van der Waals surface area contributed by atoms with Crippen LogP contribution in [0.5, 0.6) is 11.5 Å². The van der Waals surface area contributed by atoms with Gasteiger partial charge in [-0.3, -0.25) is 4.99 Å². The van der Waals surface area contributed by atoms with Crippen molar-refractivity contribution in [1.29, 1.82) is 0 Å². The minimum atomic E-state index is 0.365. The van der Waals surface area contributed by atoms with Gasteiger partial charge in [0.15, 0.2) is 5.96 Å². The fraction of sp³-hybridized carbons (Fsp3) is 0.682. The molecule has 2 N–H and O–H groups in total. The van der Waals surface area contributed by atoms with Gasteiger partial charge in [-0.25, -0.2) is 0 Å². The van der Waals surface area contributed by atoms with E-state index in [1.165, 1.54) is 12.8 Å². The highest BCUT2D eigenvalue weighted by atomic mass is 16.5. The first-order valence-electron chi connectivity index (χ1n) is 10.7. The van der Waals surface area contributed by atoms with E-state index in [4.69, 9.17) is 14.5 Å². The Hall–Kier alpha value is -2.15. The standard InChI is InChI=1S/C22H37N5O2/c1-6-23-22(24-14-21(26(2)3)16-7-8-16)25-17-9-10-27(15-17)18-11-19(28-4)13-20(12-18)29-5/h11-13,16-17,21H,6-10,14-15H2,1-5H3,(H2,23,24,25). The molecular formula is C22H37N5O2. The average molecular weight is 404 g/mol. The molecule has 7 nitrogen and oxygen atoms in total. The van der Waals surface area contributed by atoms with Crippen LogP contribution in [0.2, 0.25) is 0 Å². The Balaban J connectivity index is 1.61. The van der Waals surface area contributed by atoms with Crippen LogP contribution in [-0.2, 0) is 0 Å². The summed E-state index contributed by atoms with van der Waals surface area (Å²) in [5, 5.41) is 7.06. The number of hydrogen-bond donors (Lipinski definition) is 2. The second kappa shape index (κ2) is 10.1. The van der Waals surface area contributed by atoms with Crippen LogP contribution in [0.3, 0.4) is 0 Å². The SMILES string of the molecule is CCNC(=NCC(C1CC1)N(C)C)NC1CCN(c2cc(OC)cc(OC)c2)C1. The molecule has 162 valence electrons. The molecule has 2 aliphatic rings. The second-order valence-corrected chi connectivity index (χ2v) is 8.23. The van der Waals surface area contributed by atoms with Crippen molar-refractivity contribution in [2.75, 3.05) is 59.4 Å². The molecule has 0 aromatic heterocycles. The van der Waals surface area contributed by atoms with Gasteiger partial charge in [0.2, 0.25) is 0 Å². The normalized spacial score (nSPS) is 20.7. The summed E-state index contributed by atoms with van der Waals surface area (Å²) in [5.41, 5.74) is 1.13. The number of hydrogen-bond acceptors (Lipinski definition) is 5. The summed E-state index contributed by atoms with van der Waals surface area (Å²) in [6.07, 6.45) is 3.75. The molecule has 0 bridgehead atoms. The topological polar surface area (TPSA) is 61.4 Å². The number of ether oxygens (including phenoxy) is 2. The van der Waals surface area contributed by atoms with Gasteiger partial charge in [0.1, 0.15) is 11.5 Å². The van der Waals surface area contributed by atoms with Gasteiger partial charge in [-0.15, -0.1) is 0 Å². The number of guanidine groups is 1. The lowest BCUT2D eigenvalue weighted by Crippen LogP contribution is -2.45. The first-order valence-corrected chi connectivity index (χ1v) is 10.7. The zero-order chi connectivity index (χ0) is 20.8. The van der Waals surface area contributed by atoms with Crippen LogP contribution >= 0.6 is 0 Å². The largest absolute Gasteiger partial charge is 0.497 e. The smallest absolute Gasteiger partial charge is 0.191 e. The van der Waals surface area contributed by atoms with Gasteiger partial charge in [0.25, 0.3) is 0 Å². The third-order valence-electron chi connectivity index (χ3n) is 5.84. The molecule has 2 fully saturated rings. The highest BCUT2D eigenvalue weighted by Gasteiger charge is 2.32. The van der Waals surface area contributed by atoms with E-state index in [9.17, 15) is 0 Å². The van der Waals surface area contributed by atoms with Crippen LogP contribution in [0.1, 0.15) is 26.2 Å². The summed E-state index contributed by atoms with van der Waals surface area (Å²) in [7, 11) is 7.70. The summed E-state index contributed by atoms with van der Waals surface area (Å²) < 4.78 is 10.8. The minimum Gasteiger partial charge on any atom is -0.497 e. The van der Waals surface area contributed by atoms with Crippen molar-refractivity contribution in [3.05, 3.63) is 18.2 Å². The summed E-state index contributed by atoms with van der Waals surface area (Å²) in [6, 6.07) is 6.95. The third-order valence-corrected chi connectivity index (χ3v) is 5.84. The second-order valence-electron chi connectivity index (χ2n) is 8.23. The molecule has 0 amide bonds. The molecule has 1 saturated carbocycles. The monoisotopic (exact) mass is 403 g/mol. The Bertz CT molecular complexity index is 666. The fourth-order valence-electron chi connectivity index (χ4n) is 4.00. The first-order chi connectivity index (χ1) is 14.0. The lowest BCUT2D eigenvalue weighted by atomic mass is 10.2. The maximum absolute atomic E-state index is 5.42. The molecule has 1 aromatic rings. The first kappa shape index (κ1) is 21.6. The molecule has 7 heteroatoms. The molecule has 1 saturated heterocycles. The molecule has 2 atom stereocenters. The van der Waals surface area contributed by atoms with Gasteiger partial charge in [0, 0.05) is 55.6 Å². The number of rotatable bonds is 9. The van der Waals surface area contributed by atoms with Gasteiger partial charge in [-0.05, 0) is 46.2 Å². The van der Waals surface area contributed by atoms with E-state index in [0.29, 0.717) is 12.1 Å². The summed E-state index contributed by atoms with van der Waals surface area (Å²) in [4.78, 5) is 9.60. The van der Waals surface area contributed by atoms with E-state index in [1.807, 2.05) is 6.07 Å². The predicted octanol–water partition coefficient (Wildman–Crippen LogP) is 2.18. The highest BCUT2D eigenvalue weighted by Crippen LogP contribution is 2.34. The van der Waals surface area contributed by atoms with Crippen molar-refractivity contribution in [3.63, 3.8) is 0 Å². The van der Waals surface area contributed by atoms with E-state index in [0.717, 1.165) is 61.7 Å². The third kappa shape index (κ3) is 5.92. The van der Waals surface area contributed by atoms with Gasteiger partial charge in [-0.1, -0.05) is 0 Å². The maximum Gasteiger partial charge on any atom is 0.191 e. The number of anilines is 1. The Kier molecular flexibility index (Phi) is 7.47. The zero-order valence-corrected chi connectivity index (χ0v) is 18.6. The summed E-state index contributed by atoms with van der Waals surface area (Å²) in [5.74, 6) is 3.37.